The molecule has 0 fully saturated rings. The van der Waals surface area contributed by atoms with Crippen molar-refractivity contribution in [2.75, 3.05) is 0 Å². The molecule has 2 aromatic carbocycles. The molecule has 110 valence electrons. The number of rotatable bonds is 3. The van der Waals surface area contributed by atoms with E-state index in [0.717, 1.165) is 15.6 Å². The van der Waals surface area contributed by atoms with Crippen molar-refractivity contribution in [3.8, 4) is 0 Å². The van der Waals surface area contributed by atoms with Crippen molar-refractivity contribution in [2.45, 2.75) is 27.3 Å². The third-order valence-electron chi connectivity index (χ3n) is 3.32. The Morgan fingerprint density at radius 2 is 1.76 bits per heavy atom. The Labute approximate surface area is 132 Å². The molecular formula is C17H17BrFNO. The van der Waals surface area contributed by atoms with Gasteiger partial charge in [-0.1, -0.05) is 18.2 Å². The van der Waals surface area contributed by atoms with Crippen LogP contribution in [0.2, 0.25) is 0 Å². The maximum Gasteiger partial charge on any atom is 0.252 e. The highest BCUT2D eigenvalue weighted by Crippen LogP contribution is 2.19. The topological polar surface area (TPSA) is 29.1 Å². The van der Waals surface area contributed by atoms with E-state index < -0.39 is 0 Å². The highest BCUT2D eigenvalue weighted by atomic mass is 79.9. The van der Waals surface area contributed by atoms with Gasteiger partial charge in [-0.3, -0.25) is 4.79 Å². The molecule has 4 heteroatoms. The van der Waals surface area contributed by atoms with Crippen LogP contribution in [0.25, 0.3) is 0 Å². The standard InChI is InChI=1S/C17H17BrFNO/c1-10-4-5-14(15(18)6-10)17(21)20-9-13-7-11(2)16(19)12(3)8-13/h4-8H,9H2,1-3H3,(H,20,21). The second-order valence-corrected chi connectivity index (χ2v) is 6.06. The summed E-state index contributed by atoms with van der Waals surface area (Å²) in [7, 11) is 0. The summed E-state index contributed by atoms with van der Waals surface area (Å²) in [6.07, 6.45) is 0. The van der Waals surface area contributed by atoms with Gasteiger partial charge in [0.2, 0.25) is 0 Å². The fraction of sp³-hybridized carbons (Fsp3) is 0.235. The van der Waals surface area contributed by atoms with Crippen LogP contribution in [0.3, 0.4) is 0 Å². The molecule has 0 atom stereocenters. The van der Waals surface area contributed by atoms with Crippen LogP contribution in [-0.2, 0) is 6.54 Å². The van der Waals surface area contributed by atoms with E-state index in [9.17, 15) is 9.18 Å². The zero-order valence-corrected chi connectivity index (χ0v) is 13.8. The van der Waals surface area contributed by atoms with E-state index in [0.29, 0.717) is 23.2 Å². The normalized spacial score (nSPS) is 10.5. The monoisotopic (exact) mass is 349 g/mol. The largest absolute Gasteiger partial charge is 0.348 e. The van der Waals surface area contributed by atoms with Crippen LogP contribution in [0, 0.1) is 26.6 Å². The number of benzene rings is 2. The molecule has 1 N–H and O–H groups in total. The molecule has 0 bridgehead atoms. The number of nitrogens with one attached hydrogen (secondary N) is 1. The quantitative estimate of drug-likeness (QED) is 0.871. The molecule has 0 aromatic heterocycles. The number of amides is 1. The molecule has 2 nitrogen and oxygen atoms in total. The molecule has 0 spiro atoms. The fourth-order valence-electron chi connectivity index (χ4n) is 2.22. The summed E-state index contributed by atoms with van der Waals surface area (Å²) in [6, 6.07) is 9.10. The first kappa shape index (κ1) is 15.7. The molecule has 0 aliphatic heterocycles. The van der Waals surface area contributed by atoms with Gasteiger partial charge in [-0.25, -0.2) is 4.39 Å². The van der Waals surface area contributed by atoms with Crippen molar-refractivity contribution in [3.05, 3.63) is 68.4 Å². The van der Waals surface area contributed by atoms with Gasteiger partial charge >= 0.3 is 0 Å². The first-order chi connectivity index (χ1) is 9.88. The van der Waals surface area contributed by atoms with Crippen LogP contribution >= 0.6 is 15.9 Å². The van der Waals surface area contributed by atoms with Crippen molar-refractivity contribution >= 4 is 21.8 Å². The SMILES string of the molecule is Cc1ccc(C(=O)NCc2cc(C)c(F)c(C)c2)c(Br)c1. The third-order valence-corrected chi connectivity index (χ3v) is 3.97. The van der Waals surface area contributed by atoms with Gasteiger partial charge in [-0.05, 0) is 71.1 Å². The smallest absolute Gasteiger partial charge is 0.252 e. The van der Waals surface area contributed by atoms with Gasteiger partial charge < -0.3 is 5.32 Å². The minimum absolute atomic E-state index is 0.151. The number of carbonyl (C=O) groups excluding carboxylic acids is 1. The highest BCUT2D eigenvalue weighted by molar-refractivity contribution is 9.10. The second kappa shape index (κ2) is 6.39. The third kappa shape index (κ3) is 3.70. The Kier molecular flexibility index (Phi) is 4.78. The summed E-state index contributed by atoms with van der Waals surface area (Å²) in [5, 5.41) is 2.86. The lowest BCUT2D eigenvalue weighted by molar-refractivity contribution is 0.0950. The molecule has 0 heterocycles. The zero-order chi connectivity index (χ0) is 15.6. The van der Waals surface area contributed by atoms with Gasteiger partial charge in [0.05, 0.1) is 5.56 Å². The van der Waals surface area contributed by atoms with Gasteiger partial charge in [-0.2, -0.15) is 0 Å². The lowest BCUT2D eigenvalue weighted by Crippen LogP contribution is -2.23. The summed E-state index contributed by atoms with van der Waals surface area (Å²) < 4.78 is 14.3. The second-order valence-electron chi connectivity index (χ2n) is 5.21. The average Bonchev–Trinajstić information content (AvgIpc) is 2.42. The van der Waals surface area contributed by atoms with Crippen LogP contribution in [0.15, 0.2) is 34.8 Å². The van der Waals surface area contributed by atoms with Crippen LogP contribution < -0.4 is 5.32 Å². The van der Waals surface area contributed by atoms with E-state index in [4.69, 9.17) is 0 Å². The Morgan fingerprint density at radius 3 is 2.33 bits per heavy atom. The van der Waals surface area contributed by atoms with E-state index in [2.05, 4.69) is 21.2 Å². The number of carbonyl (C=O) groups is 1. The van der Waals surface area contributed by atoms with Crippen molar-refractivity contribution in [1.82, 2.24) is 5.32 Å². The lowest BCUT2D eigenvalue weighted by Gasteiger charge is -2.10. The summed E-state index contributed by atoms with van der Waals surface area (Å²) in [6.45, 7) is 5.80. The summed E-state index contributed by atoms with van der Waals surface area (Å²) >= 11 is 3.40. The maximum absolute atomic E-state index is 13.6. The Hall–Kier alpha value is -1.68. The summed E-state index contributed by atoms with van der Waals surface area (Å²) in [5.74, 6) is -0.340. The molecule has 2 rings (SSSR count). The van der Waals surface area contributed by atoms with Crippen molar-refractivity contribution in [3.63, 3.8) is 0 Å². The van der Waals surface area contributed by atoms with E-state index >= 15 is 0 Å². The first-order valence-electron chi connectivity index (χ1n) is 6.68. The molecule has 2 aromatic rings. The van der Waals surface area contributed by atoms with E-state index in [1.807, 2.05) is 19.1 Å². The minimum Gasteiger partial charge on any atom is -0.348 e. The van der Waals surface area contributed by atoms with E-state index in [1.54, 1.807) is 32.0 Å². The number of hydrogen-bond acceptors (Lipinski definition) is 1. The van der Waals surface area contributed by atoms with E-state index in [1.165, 1.54) is 0 Å². The van der Waals surface area contributed by atoms with Gasteiger partial charge in [0, 0.05) is 11.0 Å². The summed E-state index contributed by atoms with van der Waals surface area (Å²) in [4.78, 5) is 12.2. The van der Waals surface area contributed by atoms with Gasteiger partial charge in [-0.15, -0.1) is 0 Å². The van der Waals surface area contributed by atoms with Crippen molar-refractivity contribution in [1.29, 1.82) is 0 Å². The minimum atomic E-state index is -0.189. The molecule has 0 saturated carbocycles. The van der Waals surface area contributed by atoms with Crippen LogP contribution in [0.5, 0.6) is 0 Å². The Morgan fingerprint density at radius 1 is 1.14 bits per heavy atom. The molecule has 0 saturated heterocycles. The fourth-order valence-corrected chi connectivity index (χ4v) is 2.89. The first-order valence-corrected chi connectivity index (χ1v) is 7.47. The highest BCUT2D eigenvalue weighted by Gasteiger charge is 2.10. The Balaban J connectivity index is 2.11. The molecular weight excluding hydrogens is 333 g/mol. The van der Waals surface area contributed by atoms with Crippen LogP contribution in [0.1, 0.15) is 32.6 Å². The molecule has 1 amide bonds. The van der Waals surface area contributed by atoms with Crippen LogP contribution in [-0.4, -0.2) is 5.91 Å². The van der Waals surface area contributed by atoms with Gasteiger partial charge in [0.25, 0.3) is 5.91 Å². The lowest BCUT2D eigenvalue weighted by atomic mass is 10.1. The van der Waals surface area contributed by atoms with Crippen molar-refractivity contribution < 1.29 is 9.18 Å². The summed E-state index contributed by atoms with van der Waals surface area (Å²) in [5.41, 5.74) is 3.76. The number of halogens is 2. The Bertz CT molecular complexity index is 674. The molecule has 0 unspecified atom stereocenters. The number of hydrogen-bond donors (Lipinski definition) is 1. The zero-order valence-electron chi connectivity index (χ0n) is 12.3. The molecule has 0 radical (unpaired) electrons. The van der Waals surface area contributed by atoms with Crippen molar-refractivity contribution in [2.24, 2.45) is 0 Å². The van der Waals surface area contributed by atoms with Crippen LogP contribution in [0.4, 0.5) is 4.39 Å². The molecule has 0 aliphatic carbocycles. The van der Waals surface area contributed by atoms with E-state index in [-0.39, 0.29) is 11.7 Å². The predicted molar refractivity (Wildman–Crippen MR) is 85.9 cm³/mol. The average molecular weight is 350 g/mol. The molecule has 0 aliphatic rings. The number of aryl methyl sites for hydroxylation is 3. The predicted octanol–water partition coefficient (Wildman–Crippen LogP) is 4.44. The van der Waals surface area contributed by atoms with Gasteiger partial charge in [0.15, 0.2) is 0 Å². The maximum atomic E-state index is 13.6. The molecule has 21 heavy (non-hydrogen) atoms. The van der Waals surface area contributed by atoms with Gasteiger partial charge in [0.1, 0.15) is 5.82 Å².